The smallest absolute Gasteiger partial charge is 0.269 e. The van der Waals surface area contributed by atoms with Crippen LogP contribution in [0.4, 0.5) is 11.5 Å². The molecule has 16 N–H and O–H groups in total. The molecule has 400 valence electrons. The Bertz CT molecular complexity index is 1960. The lowest BCUT2D eigenvalue weighted by atomic mass is 9.95. The molecule has 0 saturated carbocycles. The van der Waals surface area contributed by atoms with E-state index in [-0.39, 0.29) is 18.0 Å². The number of benzene rings is 1. The highest BCUT2D eigenvalue weighted by Gasteiger charge is 2.56. The lowest BCUT2D eigenvalue weighted by molar-refractivity contribution is -0.392. The molecule has 0 amide bonds. The molecule has 30 nitrogen and oxygen atoms in total. The highest BCUT2D eigenvalue weighted by molar-refractivity contribution is 5.36. The number of aliphatic hydroxyl groups is 15. The fourth-order valence-corrected chi connectivity index (χ4v) is 8.59. The van der Waals surface area contributed by atoms with Gasteiger partial charge in [-0.3, -0.25) is 10.1 Å². The summed E-state index contributed by atoms with van der Waals surface area (Å²) >= 11 is 0. The van der Waals surface area contributed by atoms with Gasteiger partial charge in [0.05, 0.1) is 31.4 Å². The molecular weight excluding hydrogens is 966 g/mol. The molecule has 5 aliphatic rings. The van der Waals surface area contributed by atoms with E-state index in [1.807, 2.05) is 0 Å². The molecule has 1 aromatic carbocycles. The maximum Gasteiger partial charge on any atom is 0.269 e. The number of nitro groups is 1. The van der Waals surface area contributed by atoms with Gasteiger partial charge in [-0.15, -0.1) is 0 Å². The largest absolute Gasteiger partial charge is 0.462 e. The summed E-state index contributed by atoms with van der Waals surface area (Å²) in [4.78, 5) is 14.4. The predicted molar refractivity (Wildman–Crippen MR) is 224 cm³/mol. The number of aliphatic hydroxyl groups excluding tert-OH is 15. The van der Waals surface area contributed by atoms with Crippen molar-refractivity contribution >= 4 is 11.5 Å². The van der Waals surface area contributed by atoms with E-state index >= 15 is 0 Å². The molecule has 25 unspecified atom stereocenters. The van der Waals surface area contributed by atoms with Gasteiger partial charge in [0.1, 0.15) is 134 Å². The van der Waals surface area contributed by atoms with Crippen LogP contribution in [-0.4, -0.2) is 273 Å². The zero-order valence-electron chi connectivity index (χ0n) is 37.1. The van der Waals surface area contributed by atoms with Crippen molar-refractivity contribution in [2.24, 2.45) is 0 Å². The number of rotatable bonds is 18. The van der Waals surface area contributed by atoms with Gasteiger partial charge < -0.3 is 129 Å². The van der Waals surface area contributed by atoms with Crippen LogP contribution in [0.15, 0.2) is 48.7 Å². The minimum atomic E-state index is -2.15. The molecule has 71 heavy (non-hydrogen) atoms. The zero-order valence-corrected chi connectivity index (χ0v) is 37.1. The first-order valence-corrected chi connectivity index (χ1v) is 22.3. The minimum Gasteiger partial charge on any atom is -0.462 e. The summed E-state index contributed by atoms with van der Waals surface area (Å²) in [5.41, 5.74) is -0.266. The third-order valence-electron chi connectivity index (χ3n) is 12.6. The van der Waals surface area contributed by atoms with Gasteiger partial charge in [0, 0.05) is 24.9 Å². The van der Waals surface area contributed by atoms with E-state index in [2.05, 4.69) is 10.3 Å². The minimum absolute atomic E-state index is 0.0179. The molecule has 0 spiro atoms. The summed E-state index contributed by atoms with van der Waals surface area (Å²) in [6.45, 7) is -3.93. The van der Waals surface area contributed by atoms with E-state index in [0.29, 0.717) is 5.82 Å². The lowest BCUT2D eigenvalue weighted by Gasteiger charge is -2.49. The molecule has 0 bridgehead atoms. The standard InChI is InChI=1S/C41H59N3O27/c45-10-17-33(24(51)29(56)37(64-17)62-15-6-4-14(5-7-15)44(60)61)69-39-31(58)26(53)35(19(12-47)66-39)71-41-32(59)27(54)36(20(13-48)67-41)70-40-30(57)25(52)34(18(11-46)65-40)68-38-28(55)23(50)22(49)16(63-38)9-43-21-3-1-2-8-42-21/h1-8,16-20,22-41,45-59H,9-13H2,(H,42,43). The van der Waals surface area contributed by atoms with E-state index in [0.717, 1.165) is 12.1 Å². The van der Waals surface area contributed by atoms with Gasteiger partial charge in [0.25, 0.3) is 5.69 Å². The summed E-state index contributed by atoms with van der Waals surface area (Å²) in [6, 6.07) is 9.57. The third kappa shape index (κ3) is 12.0. The Labute approximate surface area is 401 Å². The normalized spacial score (nSPS) is 44.2. The predicted octanol–water partition coefficient (Wildman–Crippen LogP) is -8.41. The van der Waals surface area contributed by atoms with Crippen molar-refractivity contribution in [3.63, 3.8) is 0 Å². The number of nitro benzene ring substituents is 1. The van der Waals surface area contributed by atoms with Crippen molar-refractivity contribution in [2.75, 3.05) is 38.3 Å². The van der Waals surface area contributed by atoms with E-state index in [1.54, 1.807) is 18.2 Å². The molecule has 30 heteroatoms. The maximum absolute atomic E-state index is 11.3. The average Bonchev–Trinajstić information content (AvgIpc) is 3.37. The van der Waals surface area contributed by atoms with Crippen LogP contribution in [0, 0.1) is 10.1 Å². The quantitative estimate of drug-likeness (QED) is 0.0487. The average molecular weight is 1030 g/mol. The van der Waals surface area contributed by atoms with Gasteiger partial charge in [0.2, 0.25) is 6.29 Å². The topological polar surface area (TPSA) is 464 Å². The molecule has 0 radical (unpaired) electrons. The van der Waals surface area contributed by atoms with Gasteiger partial charge in [-0.1, -0.05) is 6.07 Å². The maximum atomic E-state index is 11.3. The van der Waals surface area contributed by atoms with Crippen LogP contribution < -0.4 is 10.1 Å². The number of hydrogen-bond donors (Lipinski definition) is 16. The number of non-ortho nitro benzene ring substituents is 1. The Morgan fingerprint density at radius 2 is 0.845 bits per heavy atom. The van der Waals surface area contributed by atoms with Crippen LogP contribution in [0.5, 0.6) is 5.75 Å². The van der Waals surface area contributed by atoms with Crippen LogP contribution in [0.25, 0.3) is 0 Å². The Morgan fingerprint density at radius 1 is 0.479 bits per heavy atom. The summed E-state index contributed by atoms with van der Waals surface area (Å²) < 4.78 is 56.6. The Balaban J connectivity index is 0.950. The van der Waals surface area contributed by atoms with Crippen LogP contribution in [-0.2, 0) is 42.6 Å². The lowest BCUT2D eigenvalue weighted by Crippen LogP contribution is -2.68. The highest BCUT2D eigenvalue weighted by atomic mass is 16.8. The number of nitrogens with zero attached hydrogens (tertiary/aromatic N) is 2. The third-order valence-corrected chi connectivity index (χ3v) is 12.6. The fourth-order valence-electron chi connectivity index (χ4n) is 8.59. The van der Waals surface area contributed by atoms with Crippen molar-refractivity contribution in [2.45, 2.75) is 154 Å². The summed E-state index contributed by atoms with van der Waals surface area (Å²) in [6.07, 6.45) is -44.2. The second kappa shape index (κ2) is 24.2. The Morgan fingerprint density at radius 3 is 1.21 bits per heavy atom. The highest BCUT2D eigenvalue weighted by Crippen LogP contribution is 2.36. The first-order chi connectivity index (χ1) is 33.9. The van der Waals surface area contributed by atoms with Crippen molar-refractivity contribution in [3.05, 3.63) is 58.8 Å². The Hall–Kier alpha value is -3.59. The molecular formula is C41H59N3O27. The van der Waals surface area contributed by atoms with Crippen LogP contribution in [0.2, 0.25) is 0 Å². The summed E-state index contributed by atoms with van der Waals surface area (Å²) in [5, 5.41) is 176. The van der Waals surface area contributed by atoms with Gasteiger partial charge in [-0.05, 0) is 24.3 Å². The van der Waals surface area contributed by atoms with Crippen LogP contribution >= 0.6 is 0 Å². The molecule has 1 aromatic heterocycles. The number of anilines is 1. The van der Waals surface area contributed by atoms with Gasteiger partial charge in [-0.2, -0.15) is 0 Å². The van der Waals surface area contributed by atoms with Crippen LogP contribution in [0.3, 0.4) is 0 Å². The van der Waals surface area contributed by atoms with Gasteiger partial charge in [-0.25, -0.2) is 4.98 Å². The van der Waals surface area contributed by atoms with Crippen molar-refractivity contribution in [3.8, 4) is 5.75 Å². The molecule has 0 aliphatic carbocycles. The second-order valence-electron chi connectivity index (χ2n) is 17.2. The zero-order chi connectivity index (χ0) is 51.4. The first kappa shape index (κ1) is 55.2. The molecule has 5 saturated heterocycles. The monoisotopic (exact) mass is 1030 g/mol. The van der Waals surface area contributed by atoms with Gasteiger partial charge >= 0.3 is 0 Å². The summed E-state index contributed by atoms with van der Waals surface area (Å²) in [7, 11) is 0. The summed E-state index contributed by atoms with van der Waals surface area (Å²) in [5.74, 6) is 0.368. The van der Waals surface area contributed by atoms with Crippen molar-refractivity contribution in [1.29, 1.82) is 0 Å². The number of hydrogen-bond acceptors (Lipinski definition) is 29. The molecule has 5 aliphatic heterocycles. The molecule has 7 rings (SSSR count). The van der Waals surface area contributed by atoms with E-state index in [1.165, 1.54) is 18.3 Å². The van der Waals surface area contributed by atoms with E-state index < -0.39 is 185 Å². The van der Waals surface area contributed by atoms with Crippen molar-refractivity contribution in [1.82, 2.24) is 4.98 Å². The molecule has 2 aromatic rings. The number of nitrogens with one attached hydrogen (secondary N) is 1. The molecule has 6 heterocycles. The van der Waals surface area contributed by atoms with E-state index in [9.17, 15) is 86.7 Å². The van der Waals surface area contributed by atoms with Crippen LogP contribution in [0.1, 0.15) is 0 Å². The molecule has 5 fully saturated rings. The Kier molecular flexibility index (Phi) is 18.8. The van der Waals surface area contributed by atoms with Crippen molar-refractivity contribution < 1.29 is 129 Å². The van der Waals surface area contributed by atoms with Gasteiger partial charge in [0.15, 0.2) is 25.2 Å². The number of pyridine rings is 1. The first-order valence-electron chi connectivity index (χ1n) is 22.3. The second-order valence-corrected chi connectivity index (χ2v) is 17.2. The number of ether oxygens (including phenoxy) is 10. The fraction of sp³-hybridized carbons (Fsp3) is 0.732. The number of aromatic nitrogens is 1. The van der Waals surface area contributed by atoms with E-state index in [4.69, 9.17) is 47.4 Å². The SMILES string of the molecule is O=[N+]([O-])c1ccc(OC2OC(CO)C(OC3OC(CO)C(OC4OC(CO)C(OC5OC(CO)C(OC6OC(CNc7ccccn7)C(O)C(O)C6O)C(O)C5O)C(O)C4O)C(O)C3O)C(O)C2O)cc1. The molecule has 25 atom stereocenters.